The highest BCUT2D eigenvalue weighted by Gasteiger charge is 2.15. The number of aliphatic carboxylic acids is 1. The molecule has 16 heavy (non-hydrogen) atoms. The number of carboxylic acids is 1. The Labute approximate surface area is 96.6 Å². The van der Waals surface area contributed by atoms with E-state index in [0.29, 0.717) is 5.92 Å². The van der Waals surface area contributed by atoms with Crippen LogP contribution in [0.5, 0.6) is 0 Å². The number of hydrogen-bond acceptors (Lipinski definition) is 2. The average Bonchev–Trinajstić information content (AvgIpc) is 2.18. The quantitative estimate of drug-likeness (QED) is 0.621. The molecule has 0 aromatic rings. The molecule has 1 atom stereocenters. The van der Waals surface area contributed by atoms with E-state index in [2.05, 4.69) is 24.5 Å². The summed E-state index contributed by atoms with van der Waals surface area (Å²) in [5.74, 6) is -0.446. The lowest BCUT2D eigenvalue weighted by Crippen LogP contribution is -2.44. The summed E-state index contributed by atoms with van der Waals surface area (Å²) in [4.78, 5) is 21.6. The number of hydrogen-bond donors (Lipinski definition) is 3. The van der Waals surface area contributed by atoms with Gasteiger partial charge >= 0.3 is 12.0 Å². The molecule has 0 heterocycles. The first kappa shape index (κ1) is 14.7. The van der Waals surface area contributed by atoms with Crippen LogP contribution in [0.15, 0.2) is 0 Å². The molecule has 5 heteroatoms. The van der Waals surface area contributed by atoms with Crippen molar-refractivity contribution in [1.82, 2.24) is 10.6 Å². The topological polar surface area (TPSA) is 78.4 Å². The van der Waals surface area contributed by atoms with Gasteiger partial charge in [-0.1, -0.05) is 26.7 Å². The van der Waals surface area contributed by atoms with Crippen molar-refractivity contribution in [3.05, 3.63) is 0 Å². The Kier molecular flexibility index (Phi) is 7.33. The zero-order valence-corrected chi connectivity index (χ0v) is 10.2. The first-order valence-corrected chi connectivity index (χ1v) is 5.77. The van der Waals surface area contributed by atoms with Gasteiger partial charge in [-0.3, -0.25) is 4.79 Å². The van der Waals surface area contributed by atoms with E-state index in [-0.39, 0.29) is 25.0 Å². The molecular formula is C11H22N2O3. The van der Waals surface area contributed by atoms with Crippen molar-refractivity contribution >= 4 is 12.0 Å². The fraction of sp³-hybridized carbons (Fsp3) is 0.818. The minimum Gasteiger partial charge on any atom is -0.481 e. The van der Waals surface area contributed by atoms with Crippen LogP contribution in [0.25, 0.3) is 0 Å². The van der Waals surface area contributed by atoms with E-state index in [1.54, 1.807) is 0 Å². The number of urea groups is 1. The third-order valence-electron chi connectivity index (χ3n) is 2.74. The molecule has 0 saturated heterocycles. The van der Waals surface area contributed by atoms with Gasteiger partial charge in [-0.15, -0.1) is 0 Å². The molecule has 3 N–H and O–H groups in total. The van der Waals surface area contributed by atoms with Crippen molar-refractivity contribution in [1.29, 1.82) is 0 Å². The molecule has 0 aromatic heterocycles. The predicted molar refractivity (Wildman–Crippen MR) is 62.3 cm³/mol. The summed E-state index contributed by atoms with van der Waals surface area (Å²) in [6, 6.07) is -0.180. The van der Waals surface area contributed by atoms with Crippen LogP contribution in [0.2, 0.25) is 0 Å². The Hall–Kier alpha value is -1.26. The van der Waals surface area contributed by atoms with Crippen molar-refractivity contribution < 1.29 is 14.7 Å². The van der Waals surface area contributed by atoms with Gasteiger partial charge in [-0.25, -0.2) is 4.79 Å². The van der Waals surface area contributed by atoms with Crippen LogP contribution in [0.1, 0.15) is 40.0 Å². The van der Waals surface area contributed by atoms with Crippen LogP contribution in [0.3, 0.4) is 0 Å². The van der Waals surface area contributed by atoms with E-state index in [1.165, 1.54) is 0 Å². The molecule has 0 aliphatic rings. The maximum atomic E-state index is 11.4. The lowest BCUT2D eigenvalue weighted by molar-refractivity contribution is -0.136. The molecule has 0 aliphatic heterocycles. The van der Waals surface area contributed by atoms with Crippen molar-refractivity contribution in [2.75, 3.05) is 6.54 Å². The van der Waals surface area contributed by atoms with E-state index in [4.69, 9.17) is 5.11 Å². The van der Waals surface area contributed by atoms with E-state index in [0.717, 1.165) is 12.8 Å². The van der Waals surface area contributed by atoms with Gasteiger partial charge in [0, 0.05) is 12.6 Å². The summed E-state index contributed by atoms with van der Waals surface area (Å²) in [5.41, 5.74) is 0. The molecule has 0 saturated carbocycles. The minimum absolute atomic E-state index is 0.0488. The highest BCUT2D eigenvalue weighted by molar-refractivity contribution is 5.75. The Morgan fingerprint density at radius 3 is 2.25 bits per heavy atom. The van der Waals surface area contributed by atoms with Crippen molar-refractivity contribution in [2.24, 2.45) is 5.92 Å². The molecule has 0 bridgehead atoms. The first-order chi connectivity index (χ1) is 7.51. The maximum Gasteiger partial charge on any atom is 0.315 e. The number of nitrogens with one attached hydrogen (secondary N) is 2. The zero-order valence-electron chi connectivity index (χ0n) is 10.2. The van der Waals surface area contributed by atoms with Gasteiger partial charge in [-0.05, 0) is 12.8 Å². The molecule has 0 radical (unpaired) electrons. The summed E-state index contributed by atoms with van der Waals surface area (Å²) < 4.78 is 0. The molecule has 5 nitrogen and oxygen atoms in total. The van der Waals surface area contributed by atoms with Gasteiger partial charge in [0.05, 0.1) is 6.42 Å². The number of rotatable bonds is 7. The normalized spacial score (nSPS) is 12.2. The molecule has 0 spiro atoms. The number of carboxylic acid groups (broad SMARTS) is 1. The van der Waals surface area contributed by atoms with Gasteiger partial charge in [0.1, 0.15) is 0 Å². The van der Waals surface area contributed by atoms with Crippen molar-refractivity contribution in [3.63, 3.8) is 0 Å². The van der Waals surface area contributed by atoms with E-state index < -0.39 is 5.97 Å². The molecule has 0 rings (SSSR count). The third-order valence-corrected chi connectivity index (χ3v) is 2.74. The van der Waals surface area contributed by atoms with Crippen LogP contribution in [0.4, 0.5) is 4.79 Å². The highest BCUT2D eigenvalue weighted by atomic mass is 16.4. The Balaban J connectivity index is 3.81. The summed E-state index contributed by atoms with van der Waals surface area (Å²) in [6.45, 7) is 6.31. The summed E-state index contributed by atoms with van der Waals surface area (Å²) in [5, 5.41) is 13.7. The van der Waals surface area contributed by atoms with Gasteiger partial charge < -0.3 is 15.7 Å². The SMILES string of the molecule is CCC(CC)C(C)NC(=O)NCCC(=O)O. The van der Waals surface area contributed by atoms with Gasteiger partial charge in [-0.2, -0.15) is 0 Å². The lowest BCUT2D eigenvalue weighted by atomic mass is 9.96. The predicted octanol–water partition coefficient (Wildman–Crippen LogP) is 1.59. The summed E-state index contributed by atoms with van der Waals surface area (Å²) >= 11 is 0. The maximum absolute atomic E-state index is 11.4. The van der Waals surface area contributed by atoms with Crippen molar-refractivity contribution in [2.45, 2.75) is 46.1 Å². The number of carbonyl (C=O) groups is 2. The Morgan fingerprint density at radius 1 is 1.25 bits per heavy atom. The lowest BCUT2D eigenvalue weighted by Gasteiger charge is -2.22. The van der Waals surface area contributed by atoms with Gasteiger partial charge in [0.15, 0.2) is 0 Å². The molecule has 1 unspecified atom stereocenters. The summed E-state index contributed by atoms with van der Waals surface area (Å²) in [6.07, 6.45) is 1.99. The van der Waals surface area contributed by atoms with Crippen LogP contribution >= 0.6 is 0 Å². The smallest absolute Gasteiger partial charge is 0.315 e. The molecule has 94 valence electrons. The number of amides is 2. The second-order valence-corrected chi connectivity index (χ2v) is 3.91. The molecule has 2 amide bonds. The van der Waals surface area contributed by atoms with E-state index in [1.807, 2.05) is 6.92 Å². The monoisotopic (exact) mass is 230 g/mol. The molecule has 0 aliphatic carbocycles. The first-order valence-electron chi connectivity index (χ1n) is 5.77. The fourth-order valence-electron chi connectivity index (χ4n) is 1.65. The van der Waals surface area contributed by atoms with Gasteiger partial charge in [0.2, 0.25) is 0 Å². The summed E-state index contributed by atoms with van der Waals surface area (Å²) in [7, 11) is 0. The highest BCUT2D eigenvalue weighted by Crippen LogP contribution is 2.12. The fourth-order valence-corrected chi connectivity index (χ4v) is 1.65. The number of carbonyl (C=O) groups excluding carboxylic acids is 1. The Morgan fingerprint density at radius 2 is 1.81 bits per heavy atom. The Bertz CT molecular complexity index is 227. The van der Waals surface area contributed by atoms with Crippen LogP contribution < -0.4 is 10.6 Å². The molecule has 0 fully saturated rings. The van der Waals surface area contributed by atoms with Crippen LogP contribution in [-0.4, -0.2) is 29.7 Å². The minimum atomic E-state index is -0.909. The molecule has 0 aromatic carbocycles. The van der Waals surface area contributed by atoms with Crippen LogP contribution in [0, 0.1) is 5.92 Å². The third kappa shape index (κ3) is 6.27. The zero-order chi connectivity index (χ0) is 12.6. The van der Waals surface area contributed by atoms with Gasteiger partial charge in [0.25, 0.3) is 0 Å². The van der Waals surface area contributed by atoms with Crippen molar-refractivity contribution in [3.8, 4) is 0 Å². The standard InChI is InChI=1S/C11H22N2O3/c1-4-9(5-2)8(3)13-11(16)12-7-6-10(14)15/h8-9H,4-7H2,1-3H3,(H,14,15)(H2,12,13,16). The second-order valence-electron chi connectivity index (χ2n) is 3.91. The molecular weight excluding hydrogens is 208 g/mol. The van der Waals surface area contributed by atoms with E-state index in [9.17, 15) is 9.59 Å². The largest absolute Gasteiger partial charge is 0.481 e. The van der Waals surface area contributed by atoms with Crippen LogP contribution in [-0.2, 0) is 4.79 Å². The average molecular weight is 230 g/mol. The second kappa shape index (κ2) is 7.96. The van der Waals surface area contributed by atoms with E-state index >= 15 is 0 Å².